The molecule has 25 heavy (non-hydrogen) atoms. The summed E-state index contributed by atoms with van der Waals surface area (Å²) in [7, 11) is 1.62. The molecule has 3 aromatic heterocycles. The van der Waals surface area contributed by atoms with E-state index < -0.39 is 0 Å². The van der Waals surface area contributed by atoms with E-state index >= 15 is 0 Å². The summed E-state index contributed by atoms with van der Waals surface area (Å²) in [6, 6.07) is 3.59. The van der Waals surface area contributed by atoms with Crippen LogP contribution in [0.5, 0.6) is 5.75 Å². The van der Waals surface area contributed by atoms with E-state index in [1.165, 1.54) is 0 Å². The van der Waals surface area contributed by atoms with Crippen LogP contribution in [0.2, 0.25) is 5.15 Å². The van der Waals surface area contributed by atoms with Crippen LogP contribution in [0.4, 0.5) is 5.82 Å². The Bertz CT molecular complexity index is 915. The summed E-state index contributed by atoms with van der Waals surface area (Å²) in [5.41, 5.74) is 1.53. The van der Waals surface area contributed by atoms with E-state index in [0.29, 0.717) is 29.9 Å². The highest BCUT2D eigenvalue weighted by atomic mass is 35.5. The van der Waals surface area contributed by atoms with Crippen LogP contribution < -0.4 is 9.64 Å². The fourth-order valence-electron chi connectivity index (χ4n) is 2.87. The van der Waals surface area contributed by atoms with Gasteiger partial charge in [-0.3, -0.25) is 4.98 Å². The lowest BCUT2D eigenvalue weighted by Crippen LogP contribution is -2.37. The molecule has 1 aliphatic heterocycles. The third-order valence-electron chi connectivity index (χ3n) is 4.07. The number of rotatable bonds is 3. The fourth-order valence-corrected chi connectivity index (χ4v) is 3.04. The summed E-state index contributed by atoms with van der Waals surface area (Å²) in [4.78, 5) is 19.9. The van der Waals surface area contributed by atoms with Gasteiger partial charge in [-0.15, -0.1) is 0 Å². The molecule has 1 saturated heterocycles. The average Bonchev–Trinajstić information content (AvgIpc) is 2.67. The van der Waals surface area contributed by atoms with Crippen LogP contribution in [0, 0.1) is 0 Å². The van der Waals surface area contributed by atoms with Crippen LogP contribution in [0.1, 0.15) is 0 Å². The molecule has 0 bridgehead atoms. The normalized spacial score (nSPS) is 14.7. The number of fused-ring (bicyclic) bond motifs is 1. The fraction of sp³-hybridized carbons (Fsp3) is 0.294. The molecule has 0 N–H and O–H groups in total. The summed E-state index contributed by atoms with van der Waals surface area (Å²) in [5, 5.41) is 1.25. The molecule has 0 radical (unpaired) electrons. The Balaban J connectivity index is 1.94. The van der Waals surface area contributed by atoms with Crippen LogP contribution in [-0.4, -0.2) is 53.3 Å². The molecule has 7 nitrogen and oxygen atoms in total. The molecule has 0 aliphatic carbocycles. The first-order valence-corrected chi connectivity index (χ1v) is 8.28. The first-order chi connectivity index (χ1) is 12.3. The maximum atomic E-state index is 6.02. The van der Waals surface area contributed by atoms with Crippen molar-refractivity contribution in [1.29, 1.82) is 0 Å². The van der Waals surface area contributed by atoms with Crippen molar-refractivity contribution in [3.8, 4) is 17.1 Å². The molecule has 1 fully saturated rings. The van der Waals surface area contributed by atoms with Gasteiger partial charge < -0.3 is 14.4 Å². The van der Waals surface area contributed by atoms with Gasteiger partial charge in [0.1, 0.15) is 16.7 Å². The molecule has 0 aromatic carbocycles. The Hall–Kier alpha value is -2.51. The number of methoxy groups -OCH3 is 1. The van der Waals surface area contributed by atoms with Crippen molar-refractivity contribution in [1.82, 2.24) is 19.9 Å². The molecule has 8 heteroatoms. The molecule has 4 heterocycles. The van der Waals surface area contributed by atoms with Crippen molar-refractivity contribution >= 4 is 28.3 Å². The van der Waals surface area contributed by atoms with Crippen LogP contribution in [0.25, 0.3) is 22.3 Å². The Morgan fingerprint density at radius 3 is 2.80 bits per heavy atom. The van der Waals surface area contributed by atoms with Gasteiger partial charge in [-0.05, 0) is 12.1 Å². The lowest BCUT2D eigenvalue weighted by atomic mass is 10.2. The van der Waals surface area contributed by atoms with Gasteiger partial charge in [0.25, 0.3) is 0 Å². The number of pyridine rings is 2. The van der Waals surface area contributed by atoms with Gasteiger partial charge >= 0.3 is 0 Å². The van der Waals surface area contributed by atoms with Crippen molar-refractivity contribution < 1.29 is 9.47 Å². The maximum Gasteiger partial charge on any atom is 0.162 e. The summed E-state index contributed by atoms with van der Waals surface area (Å²) >= 11 is 6.02. The lowest BCUT2D eigenvalue weighted by molar-refractivity contribution is 0.122. The molecule has 0 spiro atoms. The minimum Gasteiger partial charge on any atom is -0.494 e. The monoisotopic (exact) mass is 357 g/mol. The molecule has 128 valence electrons. The molecule has 0 saturated carbocycles. The number of aromatic nitrogens is 4. The smallest absolute Gasteiger partial charge is 0.162 e. The molecular formula is C17H16ClN5O2. The second kappa shape index (κ2) is 6.78. The molecular weight excluding hydrogens is 342 g/mol. The SMILES string of the molecule is COc1cncc2nc(-c3ccnc(Cl)c3)nc(N3CCOCC3)c12. The topological polar surface area (TPSA) is 73.3 Å². The predicted octanol–water partition coefficient (Wildman–Crippen LogP) is 2.59. The van der Waals surface area contributed by atoms with Crippen LogP contribution in [0.3, 0.4) is 0 Å². The largest absolute Gasteiger partial charge is 0.494 e. The van der Waals surface area contributed by atoms with Crippen molar-refractivity contribution in [3.63, 3.8) is 0 Å². The van der Waals surface area contributed by atoms with Gasteiger partial charge in [0.2, 0.25) is 0 Å². The van der Waals surface area contributed by atoms with Crippen molar-refractivity contribution in [2.45, 2.75) is 0 Å². The number of anilines is 1. The zero-order valence-corrected chi connectivity index (χ0v) is 14.4. The number of nitrogens with zero attached hydrogens (tertiary/aromatic N) is 5. The quantitative estimate of drug-likeness (QED) is 0.667. The van der Waals surface area contributed by atoms with E-state index in [4.69, 9.17) is 26.1 Å². The Morgan fingerprint density at radius 1 is 1.20 bits per heavy atom. The summed E-state index contributed by atoms with van der Waals surface area (Å²) in [6.45, 7) is 2.84. The maximum absolute atomic E-state index is 6.02. The average molecular weight is 358 g/mol. The van der Waals surface area contributed by atoms with Crippen LogP contribution in [0.15, 0.2) is 30.7 Å². The first-order valence-electron chi connectivity index (χ1n) is 7.90. The molecule has 3 aromatic rings. The number of hydrogen-bond donors (Lipinski definition) is 0. The highest BCUT2D eigenvalue weighted by molar-refractivity contribution is 6.29. The van der Waals surface area contributed by atoms with Gasteiger partial charge in [0, 0.05) is 24.8 Å². The predicted molar refractivity (Wildman–Crippen MR) is 95.2 cm³/mol. The molecule has 1 aliphatic rings. The minimum absolute atomic E-state index is 0.401. The first kappa shape index (κ1) is 16.0. The van der Waals surface area contributed by atoms with Crippen molar-refractivity contribution in [2.24, 2.45) is 0 Å². The third kappa shape index (κ3) is 3.08. The van der Waals surface area contributed by atoms with Crippen molar-refractivity contribution in [3.05, 3.63) is 35.9 Å². The summed E-state index contributed by atoms with van der Waals surface area (Å²) in [6.07, 6.45) is 5.04. The van der Waals surface area contributed by atoms with E-state index in [1.807, 2.05) is 6.07 Å². The van der Waals surface area contributed by atoms with Crippen LogP contribution >= 0.6 is 11.6 Å². The number of morpholine rings is 1. The van der Waals surface area contributed by atoms with Gasteiger partial charge in [0.05, 0.1) is 43.6 Å². The number of hydrogen-bond acceptors (Lipinski definition) is 7. The Kier molecular flexibility index (Phi) is 4.33. The Morgan fingerprint density at radius 2 is 2.04 bits per heavy atom. The zero-order valence-electron chi connectivity index (χ0n) is 13.6. The van der Waals surface area contributed by atoms with Gasteiger partial charge in [-0.25, -0.2) is 15.0 Å². The molecule has 0 unspecified atom stereocenters. The summed E-state index contributed by atoms with van der Waals surface area (Å²) < 4.78 is 11.0. The van der Waals surface area contributed by atoms with E-state index in [1.54, 1.807) is 31.8 Å². The zero-order chi connectivity index (χ0) is 17.2. The minimum atomic E-state index is 0.401. The highest BCUT2D eigenvalue weighted by Gasteiger charge is 2.21. The second-order valence-electron chi connectivity index (χ2n) is 5.57. The van der Waals surface area contributed by atoms with E-state index in [-0.39, 0.29) is 0 Å². The van der Waals surface area contributed by atoms with E-state index in [0.717, 1.165) is 35.4 Å². The standard InChI is InChI=1S/C17H16ClN5O2/c1-24-13-10-19-9-12-15(13)17(23-4-6-25-7-5-23)22-16(21-12)11-2-3-20-14(18)8-11/h2-3,8-10H,4-7H2,1H3. The third-order valence-corrected chi connectivity index (χ3v) is 4.27. The van der Waals surface area contributed by atoms with Gasteiger partial charge in [-0.2, -0.15) is 0 Å². The van der Waals surface area contributed by atoms with Gasteiger partial charge in [0.15, 0.2) is 5.82 Å². The van der Waals surface area contributed by atoms with E-state index in [2.05, 4.69) is 19.9 Å². The Labute approximate surface area is 149 Å². The summed E-state index contributed by atoms with van der Waals surface area (Å²) in [5.74, 6) is 2.04. The van der Waals surface area contributed by atoms with Crippen molar-refractivity contribution in [2.75, 3.05) is 38.3 Å². The molecule has 0 amide bonds. The van der Waals surface area contributed by atoms with Gasteiger partial charge in [-0.1, -0.05) is 11.6 Å². The van der Waals surface area contributed by atoms with Crippen LogP contribution in [-0.2, 0) is 4.74 Å². The lowest BCUT2D eigenvalue weighted by Gasteiger charge is -2.29. The second-order valence-corrected chi connectivity index (χ2v) is 5.96. The van der Waals surface area contributed by atoms with E-state index in [9.17, 15) is 0 Å². The number of ether oxygens (including phenoxy) is 2. The number of halogens is 1. The highest BCUT2D eigenvalue weighted by Crippen LogP contribution is 2.34. The molecule has 0 atom stereocenters. The molecule has 4 rings (SSSR count).